The smallest absolute Gasteiger partial charge is 0.310 e. The molecule has 1 saturated carbocycles. The molecule has 116 valence electrons. The molecule has 0 amide bonds. The van der Waals surface area contributed by atoms with Crippen LogP contribution in [-0.4, -0.2) is 25.5 Å². The summed E-state index contributed by atoms with van der Waals surface area (Å²) in [6.07, 6.45) is 1.66. The lowest BCUT2D eigenvalue weighted by Crippen LogP contribution is -2.47. The first-order chi connectivity index (χ1) is 9.67. The van der Waals surface area contributed by atoms with Crippen molar-refractivity contribution in [1.29, 1.82) is 0 Å². The van der Waals surface area contributed by atoms with E-state index in [1.165, 1.54) is 6.07 Å². The third-order valence-corrected chi connectivity index (χ3v) is 6.03. The van der Waals surface area contributed by atoms with Gasteiger partial charge in [-0.1, -0.05) is 24.1 Å². The Hall–Kier alpha value is -1.11. The van der Waals surface area contributed by atoms with E-state index < -0.39 is 27.4 Å². The Balaban J connectivity index is 2.34. The van der Waals surface area contributed by atoms with Gasteiger partial charge in [0.25, 0.3) is 0 Å². The second-order valence-corrected chi connectivity index (χ2v) is 7.82. The lowest BCUT2D eigenvalue weighted by Gasteiger charge is -2.27. The summed E-state index contributed by atoms with van der Waals surface area (Å²) >= 11 is 5.86. The summed E-state index contributed by atoms with van der Waals surface area (Å²) in [6.45, 7) is 3.26. The van der Waals surface area contributed by atoms with E-state index in [2.05, 4.69) is 4.72 Å². The van der Waals surface area contributed by atoms with E-state index in [1.54, 1.807) is 26.0 Å². The lowest BCUT2D eigenvalue weighted by atomic mass is 9.85. The number of nitrogens with one attached hydrogen (secondary N) is 1. The molecule has 0 heterocycles. The Labute approximate surface area is 129 Å². The van der Waals surface area contributed by atoms with Crippen molar-refractivity contribution < 1.29 is 18.3 Å². The molecule has 0 radical (unpaired) electrons. The molecule has 0 bridgehead atoms. The minimum Gasteiger partial charge on any atom is -0.481 e. The predicted octanol–water partition coefficient (Wildman–Crippen LogP) is 2.57. The van der Waals surface area contributed by atoms with Gasteiger partial charge in [-0.3, -0.25) is 4.79 Å². The van der Waals surface area contributed by atoms with Gasteiger partial charge in [0.1, 0.15) is 0 Å². The molecule has 2 unspecified atom stereocenters. The zero-order valence-corrected chi connectivity index (χ0v) is 13.5. The van der Waals surface area contributed by atoms with Crippen molar-refractivity contribution in [3.8, 4) is 0 Å². The Kier molecular flexibility index (Phi) is 4.33. The fourth-order valence-corrected chi connectivity index (χ4v) is 4.62. The molecule has 2 rings (SSSR count). The van der Waals surface area contributed by atoms with Crippen LogP contribution in [0.4, 0.5) is 0 Å². The summed E-state index contributed by atoms with van der Waals surface area (Å²) < 4.78 is 27.6. The molecule has 1 aliphatic carbocycles. The number of rotatable bonds is 4. The van der Waals surface area contributed by atoms with Crippen LogP contribution in [0, 0.1) is 12.3 Å². The molecule has 7 heteroatoms. The molecular weight excluding hydrogens is 314 g/mol. The van der Waals surface area contributed by atoms with Gasteiger partial charge in [-0.15, -0.1) is 0 Å². The molecule has 5 nitrogen and oxygen atoms in total. The molecule has 1 aliphatic rings. The summed E-state index contributed by atoms with van der Waals surface area (Å²) in [5, 5.41) is 9.68. The summed E-state index contributed by atoms with van der Waals surface area (Å²) in [6, 6.07) is 4.01. The maximum atomic E-state index is 12.5. The average molecular weight is 332 g/mol. The van der Waals surface area contributed by atoms with Crippen LogP contribution in [0.2, 0.25) is 5.02 Å². The normalized spacial score (nSPS) is 26.0. The molecule has 0 aromatic heterocycles. The van der Waals surface area contributed by atoms with Crippen LogP contribution in [0.1, 0.15) is 31.7 Å². The van der Waals surface area contributed by atoms with Gasteiger partial charge in [-0.25, -0.2) is 13.1 Å². The quantitative estimate of drug-likeness (QED) is 0.888. The van der Waals surface area contributed by atoms with E-state index in [0.717, 1.165) is 0 Å². The van der Waals surface area contributed by atoms with E-state index in [-0.39, 0.29) is 4.90 Å². The van der Waals surface area contributed by atoms with Crippen molar-refractivity contribution in [3.63, 3.8) is 0 Å². The van der Waals surface area contributed by atoms with Crippen LogP contribution in [0.3, 0.4) is 0 Å². The number of carboxylic acids is 1. The standard InChI is InChI=1S/C14H18ClNO4S/c1-9-5-6-10(15)8-11(9)21(19,20)16-12-4-3-7-14(12,2)13(17)18/h5-6,8,12,16H,3-4,7H2,1-2H3,(H,17,18). The number of benzene rings is 1. The lowest BCUT2D eigenvalue weighted by molar-refractivity contribution is -0.148. The Morgan fingerprint density at radius 2 is 2.14 bits per heavy atom. The zero-order valence-electron chi connectivity index (χ0n) is 11.9. The molecule has 2 N–H and O–H groups in total. The van der Waals surface area contributed by atoms with Gasteiger partial charge in [0.2, 0.25) is 10.0 Å². The van der Waals surface area contributed by atoms with Gasteiger partial charge in [0.15, 0.2) is 0 Å². The number of aliphatic carboxylic acids is 1. The molecule has 1 aromatic rings. The molecule has 1 fully saturated rings. The third-order valence-electron chi connectivity index (χ3n) is 4.18. The monoisotopic (exact) mass is 331 g/mol. The maximum Gasteiger partial charge on any atom is 0.310 e. The molecule has 2 atom stereocenters. The molecular formula is C14H18ClNO4S. The predicted molar refractivity (Wildman–Crippen MR) is 79.9 cm³/mol. The van der Waals surface area contributed by atoms with Crippen LogP contribution >= 0.6 is 11.6 Å². The molecule has 0 saturated heterocycles. The number of sulfonamides is 1. The van der Waals surface area contributed by atoms with Crippen LogP contribution in [0.25, 0.3) is 0 Å². The maximum absolute atomic E-state index is 12.5. The molecule has 21 heavy (non-hydrogen) atoms. The zero-order chi connectivity index (χ0) is 15.8. The highest BCUT2D eigenvalue weighted by Crippen LogP contribution is 2.39. The van der Waals surface area contributed by atoms with Crippen LogP contribution in [-0.2, 0) is 14.8 Å². The van der Waals surface area contributed by atoms with E-state index in [1.807, 2.05) is 0 Å². The van der Waals surface area contributed by atoms with Gasteiger partial charge in [0.05, 0.1) is 10.3 Å². The van der Waals surface area contributed by atoms with Gasteiger partial charge in [-0.05, 0) is 44.4 Å². The van der Waals surface area contributed by atoms with Gasteiger partial charge in [0, 0.05) is 11.1 Å². The highest BCUT2D eigenvalue weighted by atomic mass is 35.5. The minimum absolute atomic E-state index is 0.0923. The second-order valence-electron chi connectivity index (χ2n) is 5.70. The Morgan fingerprint density at radius 1 is 1.48 bits per heavy atom. The number of hydrogen-bond donors (Lipinski definition) is 2. The Morgan fingerprint density at radius 3 is 2.76 bits per heavy atom. The number of halogens is 1. The van der Waals surface area contributed by atoms with Crippen molar-refractivity contribution in [1.82, 2.24) is 4.72 Å². The molecule has 0 aliphatic heterocycles. The summed E-state index contributed by atoms with van der Waals surface area (Å²) in [4.78, 5) is 11.5. The highest BCUT2D eigenvalue weighted by molar-refractivity contribution is 7.89. The number of hydrogen-bond acceptors (Lipinski definition) is 3. The SMILES string of the molecule is Cc1ccc(Cl)cc1S(=O)(=O)NC1CCCC1(C)C(=O)O. The van der Waals surface area contributed by atoms with Crippen molar-refractivity contribution in [3.05, 3.63) is 28.8 Å². The first kappa shape index (κ1) is 16.3. The average Bonchev–Trinajstić information content (AvgIpc) is 2.74. The number of aryl methyl sites for hydroxylation is 1. The number of carbonyl (C=O) groups is 1. The van der Waals surface area contributed by atoms with Crippen molar-refractivity contribution >= 4 is 27.6 Å². The first-order valence-corrected chi connectivity index (χ1v) is 8.55. The topological polar surface area (TPSA) is 83.5 Å². The fourth-order valence-electron chi connectivity index (χ4n) is 2.73. The second kappa shape index (κ2) is 5.59. The third kappa shape index (κ3) is 3.07. The minimum atomic E-state index is -3.80. The van der Waals surface area contributed by atoms with E-state index in [9.17, 15) is 18.3 Å². The summed E-state index contributed by atoms with van der Waals surface area (Å²) in [5.74, 6) is -0.976. The highest BCUT2D eigenvalue weighted by Gasteiger charge is 2.47. The molecule has 0 spiro atoms. The van der Waals surface area contributed by atoms with Crippen LogP contribution in [0.15, 0.2) is 23.1 Å². The van der Waals surface area contributed by atoms with Crippen molar-refractivity contribution in [2.75, 3.05) is 0 Å². The summed E-state index contributed by atoms with van der Waals surface area (Å²) in [7, 11) is -3.80. The van der Waals surface area contributed by atoms with Crippen molar-refractivity contribution in [2.24, 2.45) is 5.41 Å². The molecule has 1 aromatic carbocycles. The van der Waals surface area contributed by atoms with Crippen molar-refractivity contribution in [2.45, 2.75) is 44.0 Å². The Bertz CT molecular complexity index is 674. The van der Waals surface area contributed by atoms with Crippen LogP contribution < -0.4 is 4.72 Å². The largest absolute Gasteiger partial charge is 0.481 e. The van der Waals surface area contributed by atoms with Gasteiger partial charge < -0.3 is 5.11 Å². The first-order valence-electron chi connectivity index (χ1n) is 6.69. The van der Waals surface area contributed by atoms with Crippen LogP contribution in [0.5, 0.6) is 0 Å². The number of carboxylic acid groups (broad SMARTS) is 1. The fraction of sp³-hybridized carbons (Fsp3) is 0.500. The van der Waals surface area contributed by atoms with Gasteiger partial charge >= 0.3 is 5.97 Å². The van der Waals surface area contributed by atoms with E-state index >= 15 is 0 Å². The van der Waals surface area contributed by atoms with E-state index in [0.29, 0.717) is 29.8 Å². The summed E-state index contributed by atoms with van der Waals surface area (Å²) in [5.41, 5.74) is -0.499. The van der Waals surface area contributed by atoms with Gasteiger partial charge in [-0.2, -0.15) is 0 Å². The van der Waals surface area contributed by atoms with E-state index in [4.69, 9.17) is 11.6 Å².